The SMILES string of the molecule is CN1CCN(C(CNS(=O)(=O)c2ccc3c(c2)OCCO3)c2ccc(N(C)C)cc2)CC1. The normalized spacial score (nSPS) is 18.3. The summed E-state index contributed by atoms with van der Waals surface area (Å²) in [6.07, 6.45) is 0. The Kier molecular flexibility index (Phi) is 6.90. The monoisotopic (exact) mass is 460 g/mol. The lowest BCUT2D eigenvalue weighted by Gasteiger charge is -2.38. The third-order valence-electron chi connectivity index (χ3n) is 6.06. The first-order chi connectivity index (χ1) is 15.3. The second kappa shape index (κ2) is 9.66. The van der Waals surface area contributed by atoms with Crippen LogP contribution in [0.5, 0.6) is 11.5 Å². The number of rotatable bonds is 7. The average Bonchev–Trinajstić information content (AvgIpc) is 2.80. The fourth-order valence-corrected chi connectivity index (χ4v) is 5.10. The average molecular weight is 461 g/mol. The van der Waals surface area contributed by atoms with E-state index in [1.807, 2.05) is 14.1 Å². The van der Waals surface area contributed by atoms with E-state index in [4.69, 9.17) is 9.47 Å². The van der Waals surface area contributed by atoms with Crippen molar-refractivity contribution in [2.24, 2.45) is 0 Å². The second-order valence-electron chi connectivity index (χ2n) is 8.50. The van der Waals surface area contributed by atoms with Crippen molar-refractivity contribution in [3.8, 4) is 11.5 Å². The molecule has 32 heavy (non-hydrogen) atoms. The summed E-state index contributed by atoms with van der Waals surface area (Å²) in [5.41, 5.74) is 2.22. The lowest BCUT2D eigenvalue weighted by molar-refractivity contribution is 0.113. The van der Waals surface area contributed by atoms with Gasteiger partial charge in [0.05, 0.1) is 4.90 Å². The highest BCUT2D eigenvalue weighted by molar-refractivity contribution is 7.89. The molecule has 0 bridgehead atoms. The highest BCUT2D eigenvalue weighted by Crippen LogP contribution is 2.32. The Balaban J connectivity index is 1.53. The Morgan fingerprint density at radius 3 is 2.28 bits per heavy atom. The molecule has 0 amide bonds. The number of fused-ring (bicyclic) bond motifs is 1. The van der Waals surface area contributed by atoms with E-state index in [9.17, 15) is 8.42 Å². The maximum atomic E-state index is 13.1. The molecule has 2 aliphatic heterocycles. The van der Waals surface area contributed by atoms with E-state index in [0.717, 1.165) is 37.4 Å². The van der Waals surface area contributed by atoms with Gasteiger partial charge in [0.15, 0.2) is 11.5 Å². The standard InChI is InChI=1S/C23H32N4O4S/c1-25(2)19-6-4-18(5-7-19)21(27-12-10-26(3)11-13-27)17-24-32(28,29)20-8-9-22-23(16-20)31-15-14-30-22/h4-9,16,21,24H,10-15,17H2,1-3H3. The van der Waals surface area contributed by atoms with Crippen molar-refractivity contribution >= 4 is 15.7 Å². The van der Waals surface area contributed by atoms with Gasteiger partial charge in [0, 0.05) is 64.6 Å². The first-order valence-corrected chi connectivity index (χ1v) is 12.4. The molecule has 2 aliphatic rings. The number of hydrogen-bond acceptors (Lipinski definition) is 7. The van der Waals surface area contributed by atoms with Gasteiger partial charge < -0.3 is 19.3 Å². The lowest BCUT2D eigenvalue weighted by atomic mass is 10.0. The molecule has 0 saturated carbocycles. The molecule has 2 aromatic rings. The zero-order valence-corrected chi connectivity index (χ0v) is 19.8. The van der Waals surface area contributed by atoms with E-state index in [-0.39, 0.29) is 10.9 Å². The van der Waals surface area contributed by atoms with Crippen molar-refractivity contribution < 1.29 is 17.9 Å². The maximum Gasteiger partial charge on any atom is 0.240 e. The highest BCUT2D eigenvalue weighted by Gasteiger charge is 2.27. The molecule has 174 valence electrons. The van der Waals surface area contributed by atoms with E-state index >= 15 is 0 Å². The fourth-order valence-electron chi connectivity index (χ4n) is 4.05. The van der Waals surface area contributed by atoms with E-state index in [1.54, 1.807) is 12.1 Å². The van der Waals surface area contributed by atoms with Crippen LogP contribution in [0.15, 0.2) is 47.4 Å². The van der Waals surface area contributed by atoms with Gasteiger partial charge in [-0.3, -0.25) is 4.90 Å². The molecule has 4 rings (SSSR count). The van der Waals surface area contributed by atoms with Crippen LogP contribution in [-0.4, -0.2) is 85.3 Å². The number of likely N-dealkylation sites (N-methyl/N-ethyl adjacent to an activating group) is 1. The molecule has 2 aromatic carbocycles. The highest BCUT2D eigenvalue weighted by atomic mass is 32.2. The minimum Gasteiger partial charge on any atom is -0.486 e. The van der Waals surface area contributed by atoms with Gasteiger partial charge in [-0.25, -0.2) is 13.1 Å². The van der Waals surface area contributed by atoms with Crippen LogP contribution in [0, 0.1) is 0 Å². The smallest absolute Gasteiger partial charge is 0.240 e. The number of piperazine rings is 1. The Hall–Kier alpha value is -2.33. The number of nitrogens with zero attached hydrogens (tertiary/aromatic N) is 3. The minimum absolute atomic E-state index is 0.0492. The van der Waals surface area contributed by atoms with E-state index in [0.29, 0.717) is 31.3 Å². The zero-order chi connectivity index (χ0) is 22.7. The van der Waals surface area contributed by atoms with Crippen molar-refractivity contribution in [1.82, 2.24) is 14.5 Å². The van der Waals surface area contributed by atoms with Gasteiger partial charge in [0.2, 0.25) is 10.0 Å². The first kappa shape index (κ1) is 22.8. The zero-order valence-electron chi connectivity index (χ0n) is 19.0. The van der Waals surface area contributed by atoms with Crippen LogP contribution >= 0.6 is 0 Å². The third-order valence-corrected chi connectivity index (χ3v) is 7.48. The molecule has 1 fully saturated rings. The predicted molar refractivity (Wildman–Crippen MR) is 125 cm³/mol. The Morgan fingerprint density at radius 1 is 0.969 bits per heavy atom. The predicted octanol–water partition coefficient (Wildman–Crippen LogP) is 1.79. The molecule has 0 spiro atoms. The quantitative estimate of drug-likeness (QED) is 0.675. The summed E-state index contributed by atoms with van der Waals surface area (Å²) in [4.78, 5) is 6.89. The molecule has 0 aliphatic carbocycles. The maximum absolute atomic E-state index is 13.1. The van der Waals surface area contributed by atoms with Crippen LogP contribution in [0.2, 0.25) is 0 Å². The number of nitrogens with one attached hydrogen (secondary N) is 1. The lowest BCUT2D eigenvalue weighted by Crippen LogP contribution is -2.48. The number of benzene rings is 2. The van der Waals surface area contributed by atoms with Crippen LogP contribution in [0.4, 0.5) is 5.69 Å². The second-order valence-corrected chi connectivity index (χ2v) is 10.3. The number of anilines is 1. The molecule has 1 unspecified atom stereocenters. The third kappa shape index (κ3) is 5.17. The number of sulfonamides is 1. The van der Waals surface area contributed by atoms with E-state index < -0.39 is 10.0 Å². The molecule has 1 saturated heterocycles. The topological polar surface area (TPSA) is 74.3 Å². The van der Waals surface area contributed by atoms with Crippen molar-refractivity contribution in [1.29, 1.82) is 0 Å². The van der Waals surface area contributed by atoms with Gasteiger partial charge in [-0.15, -0.1) is 0 Å². The molecule has 1 N–H and O–H groups in total. The molecule has 0 aromatic heterocycles. The van der Waals surface area contributed by atoms with Crippen molar-refractivity contribution in [3.05, 3.63) is 48.0 Å². The van der Waals surface area contributed by atoms with Crippen LogP contribution < -0.4 is 19.1 Å². The molecule has 1 atom stereocenters. The Bertz CT molecular complexity index is 1020. The van der Waals surface area contributed by atoms with Gasteiger partial charge in [-0.2, -0.15) is 0 Å². The van der Waals surface area contributed by atoms with Gasteiger partial charge >= 0.3 is 0 Å². The van der Waals surface area contributed by atoms with Crippen LogP contribution in [0.1, 0.15) is 11.6 Å². The summed E-state index contributed by atoms with van der Waals surface area (Å²) in [6, 6.07) is 13.0. The van der Waals surface area contributed by atoms with Crippen molar-refractivity contribution in [2.75, 3.05) is 72.0 Å². The van der Waals surface area contributed by atoms with Crippen LogP contribution in [0.3, 0.4) is 0 Å². The molecule has 9 heteroatoms. The largest absolute Gasteiger partial charge is 0.486 e. The van der Waals surface area contributed by atoms with Gasteiger partial charge in [-0.1, -0.05) is 12.1 Å². The summed E-state index contributed by atoms with van der Waals surface area (Å²) in [5, 5.41) is 0. The summed E-state index contributed by atoms with van der Waals surface area (Å²) in [6.45, 7) is 4.88. The number of hydrogen-bond donors (Lipinski definition) is 1. The van der Waals surface area contributed by atoms with E-state index in [2.05, 4.69) is 50.7 Å². The summed E-state index contributed by atoms with van der Waals surface area (Å²) in [7, 11) is 2.43. The fraction of sp³-hybridized carbons (Fsp3) is 0.478. The first-order valence-electron chi connectivity index (χ1n) is 10.9. The summed E-state index contributed by atoms with van der Waals surface area (Å²) >= 11 is 0. The van der Waals surface area contributed by atoms with Crippen molar-refractivity contribution in [3.63, 3.8) is 0 Å². The molecule has 0 radical (unpaired) electrons. The van der Waals surface area contributed by atoms with E-state index in [1.165, 1.54) is 6.07 Å². The Labute approximate surface area is 190 Å². The summed E-state index contributed by atoms with van der Waals surface area (Å²) in [5.74, 6) is 1.04. The van der Waals surface area contributed by atoms with Gasteiger partial charge in [0.1, 0.15) is 13.2 Å². The van der Waals surface area contributed by atoms with Crippen LogP contribution in [0.25, 0.3) is 0 Å². The van der Waals surface area contributed by atoms with Gasteiger partial charge in [-0.05, 0) is 36.9 Å². The molecular formula is C23H32N4O4S. The van der Waals surface area contributed by atoms with Crippen molar-refractivity contribution in [2.45, 2.75) is 10.9 Å². The minimum atomic E-state index is -3.70. The molecular weight excluding hydrogens is 428 g/mol. The molecule has 2 heterocycles. The van der Waals surface area contributed by atoms with Gasteiger partial charge in [0.25, 0.3) is 0 Å². The van der Waals surface area contributed by atoms with Crippen LogP contribution in [-0.2, 0) is 10.0 Å². The summed E-state index contributed by atoms with van der Waals surface area (Å²) < 4.78 is 40.1. The number of ether oxygens (including phenoxy) is 2. The Morgan fingerprint density at radius 2 is 1.62 bits per heavy atom. The molecule has 8 nitrogen and oxygen atoms in total.